The molecular weight excluding hydrogens is 81.0 g/mol. The van der Waals surface area contributed by atoms with Crippen molar-refractivity contribution in [2.24, 2.45) is 4.74 Å². The Bertz CT molecular complexity index is 33.9. The van der Waals surface area contributed by atoms with Crippen LogP contribution in [-0.4, -0.2) is 6.04 Å². The highest BCUT2D eigenvalue weighted by Crippen LogP contribution is 1.84. The van der Waals surface area contributed by atoms with Crippen LogP contribution >= 0.6 is 9.03 Å². The van der Waals surface area contributed by atoms with Crippen LogP contribution in [0.5, 0.6) is 0 Å². The van der Waals surface area contributed by atoms with Crippen molar-refractivity contribution in [2.75, 3.05) is 0 Å². The maximum absolute atomic E-state index is 3.69. The zero-order valence-electron chi connectivity index (χ0n) is 3.52. The highest BCUT2D eigenvalue weighted by atomic mass is 31.0. The van der Waals surface area contributed by atoms with E-state index in [-0.39, 0.29) is 0 Å². The van der Waals surface area contributed by atoms with E-state index in [9.17, 15) is 0 Å². The van der Waals surface area contributed by atoms with Gasteiger partial charge >= 0.3 is 0 Å². The van der Waals surface area contributed by atoms with E-state index in [0.717, 1.165) is 0 Å². The Morgan fingerprint density at radius 1 is 1.60 bits per heavy atom. The summed E-state index contributed by atoms with van der Waals surface area (Å²) in [7, 11) is 2.98. The summed E-state index contributed by atoms with van der Waals surface area (Å²) in [6, 6.07) is 0.423. The molecule has 1 nitrogen and oxygen atoms in total. The molecule has 0 unspecified atom stereocenters. The van der Waals surface area contributed by atoms with E-state index in [1.54, 1.807) is 0 Å². The molecule has 0 aromatic heterocycles. The Morgan fingerprint density at radius 2 is 1.80 bits per heavy atom. The molecule has 0 aliphatic heterocycles. The summed E-state index contributed by atoms with van der Waals surface area (Å²) in [5.74, 6) is 0. The van der Waals surface area contributed by atoms with Crippen molar-refractivity contribution < 1.29 is 0 Å². The van der Waals surface area contributed by atoms with Gasteiger partial charge in [0, 0.05) is 6.04 Å². The predicted octanol–water partition coefficient (Wildman–Crippen LogP) is 1.72. The first-order valence-corrected chi connectivity index (χ1v) is 2.08. The smallest absolute Gasteiger partial charge is 0.0483 e. The summed E-state index contributed by atoms with van der Waals surface area (Å²) in [5, 5.41) is 0. The van der Waals surface area contributed by atoms with Gasteiger partial charge in [0.25, 0.3) is 0 Å². The molecule has 0 aliphatic carbocycles. The zero-order chi connectivity index (χ0) is 4.28. The SMILES string of the molecule is CC(C)N=P. The lowest BCUT2D eigenvalue weighted by Gasteiger charge is -1.84. The van der Waals surface area contributed by atoms with Gasteiger partial charge in [0.05, 0.1) is 0 Å². The molecule has 5 heavy (non-hydrogen) atoms. The summed E-state index contributed by atoms with van der Waals surface area (Å²) >= 11 is 0. The van der Waals surface area contributed by atoms with Crippen molar-refractivity contribution in [1.29, 1.82) is 0 Å². The third-order valence-corrected chi connectivity index (χ3v) is 0.775. The van der Waals surface area contributed by atoms with Crippen molar-refractivity contribution in [2.45, 2.75) is 19.9 Å². The molecular formula is C3H8NP. The lowest BCUT2D eigenvalue weighted by Crippen LogP contribution is -1.79. The van der Waals surface area contributed by atoms with Gasteiger partial charge in [-0.2, -0.15) is 0 Å². The van der Waals surface area contributed by atoms with Gasteiger partial charge < -0.3 is 0 Å². The van der Waals surface area contributed by atoms with E-state index in [4.69, 9.17) is 0 Å². The molecule has 0 saturated heterocycles. The normalized spacial score (nSPS) is 8.60. The van der Waals surface area contributed by atoms with Gasteiger partial charge in [-0.25, -0.2) is 0 Å². The van der Waals surface area contributed by atoms with E-state index >= 15 is 0 Å². The number of hydrogen-bond donors (Lipinski definition) is 0. The van der Waals surface area contributed by atoms with Gasteiger partial charge in [0.1, 0.15) is 0 Å². The number of hydrogen-bond acceptors (Lipinski definition) is 1. The molecule has 0 atom stereocenters. The van der Waals surface area contributed by atoms with Gasteiger partial charge in [0.15, 0.2) is 0 Å². The van der Waals surface area contributed by atoms with E-state index in [2.05, 4.69) is 13.8 Å². The van der Waals surface area contributed by atoms with Crippen LogP contribution in [-0.2, 0) is 0 Å². The minimum absolute atomic E-state index is 0.423. The van der Waals surface area contributed by atoms with Gasteiger partial charge in [0.2, 0.25) is 0 Å². The van der Waals surface area contributed by atoms with Crippen LogP contribution in [0.3, 0.4) is 0 Å². The topological polar surface area (TPSA) is 12.4 Å². The van der Waals surface area contributed by atoms with E-state index in [1.165, 1.54) is 0 Å². The fourth-order valence-electron chi connectivity index (χ4n) is 0. The highest BCUT2D eigenvalue weighted by molar-refractivity contribution is 7.04. The summed E-state index contributed by atoms with van der Waals surface area (Å²) in [6.07, 6.45) is 0. The van der Waals surface area contributed by atoms with Crippen molar-refractivity contribution in [3.05, 3.63) is 0 Å². The second-order valence-electron chi connectivity index (χ2n) is 1.22. The van der Waals surface area contributed by atoms with E-state index in [1.807, 2.05) is 13.8 Å². The molecule has 0 radical (unpaired) electrons. The van der Waals surface area contributed by atoms with Crippen LogP contribution in [0.4, 0.5) is 0 Å². The Morgan fingerprint density at radius 3 is 1.80 bits per heavy atom. The first kappa shape index (κ1) is 5.10. The third-order valence-electron chi connectivity index (χ3n) is 0.258. The van der Waals surface area contributed by atoms with Crippen LogP contribution in [0.1, 0.15) is 13.8 Å². The minimum Gasteiger partial charge on any atom is -0.269 e. The standard InChI is InChI=1S/C3H8NP/c1-3(2)4-5/h3,5H,1-2H3. The summed E-state index contributed by atoms with van der Waals surface area (Å²) < 4.78 is 3.69. The Kier molecular flexibility index (Phi) is 2.39. The first-order chi connectivity index (χ1) is 2.27. The monoisotopic (exact) mass is 89.0 g/mol. The average molecular weight is 89.1 g/mol. The molecule has 0 spiro atoms. The summed E-state index contributed by atoms with van der Waals surface area (Å²) in [6.45, 7) is 4.01. The fraction of sp³-hybridized carbons (Fsp3) is 1.00. The predicted molar refractivity (Wildman–Crippen MR) is 25.9 cm³/mol. The average Bonchev–Trinajstić information content (AvgIpc) is 1.38. The van der Waals surface area contributed by atoms with E-state index < -0.39 is 0 Å². The second-order valence-corrected chi connectivity index (χ2v) is 1.48. The van der Waals surface area contributed by atoms with Crippen LogP contribution in [0.2, 0.25) is 0 Å². The summed E-state index contributed by atoms with van der Waals surface area (Å²) in [4.78, 5) is 0. The fourth-order valence-corrected chi connectivity index (χ4v) is 0. The molecule has 0 amide bonds. The van der Waals surface area contributed by atoms with Gasteiger partial charge in [-0.15, -0.1) is 0 Å². The number of rotatable bonds is 1. The van der Waals surface area contributed by atoms with Crippen LogP contribution in [0.15, 0.2) is 4.74 Å². The largest absolute Gasteiger partial charge is 0.269 e. The first-order valence-electron chi connectivity index (χ1n) is 1.64. The molecule has 0 fully saturated rings. The van der Waals surface area contributed by atoms with Crippen molar-refractivity contribution in [3.63, 3.8) is 0 Å². The van der Waals surface area contributed by atoms with Gasteiger partial charge in [-0.1, -0.05) is 0 Å². The van der Waals surface area contributed by atoms with Crippen molar-refractivity contribution >= 4 is 9.03 Å². The van der Waals surface area contributed by atoms with Crippen molar-refractivity contribution in [3.8, 4) is 0 Å². The van der Waals surface area contributed by atoms with E-state index in [0.29, 0.717) is 6.04 Å². The molecule has 0 saturated carbocycles. The lowest BCUT2D eigenvalue weighted by atomic mass is 10.4. The Hall–Kier alpha value is 0.100. The molecule has 2 heteroatoms. The van der Waals surface area contributed by atoms with Crippen LogP contribution in [0, 0.1) is 0 Å². The highest BCUT2D eigenvalue weighted by Gasteiger charge is 1.75. The molecule has 0 aliphatic rings. The Balaban J connectivity index is 2.83. The molecule has 0 N–H and O–H groups in total. The molecule has 0 aromatic carbocycles. The lowest BCUT2D eigenvalue weighted by molar-refractivity contribution is 0.852. The molecule has 0 aromatic rings. The second kappa shape index (κ2) is 2.34. The Labute approximate surface area is 34.7 Å². The maximum Gasteiger partial charge on any atom is 0.0483 e. The van der Waals surface area contributed by atoms with Gasteiger partial charge in [-0.05, 0) is 22.9 Å². The molecule has 0 rings (SSSR count). The molecule has 0 heterocycles. The maximum atomic E-state index is 3.69. The van der Waals surface area contributed by atoms with Crippen molar-refractivity contribution in [1.82, 2.24) is 0 Å². The third kappa shape index (κ3) is 4.10. The van der Waals surface area contributed by atoms with Gasteiger partial charge in [-0.3, -0.25) is 4.74 Å². The van der Waals surface area contributed by atoms with Crippen LogP contribution < -0.4 is 0 Å². The zero-order valence-corrected chi connectivity index (χ0v) is 4.52. The molecule has 0 bridgehead atoms. The quantitative estimate of drug-likeness (QED) is 0.434. The summed E-state index contributed by atoms with van der Waals surface area (Å²) in [5.41, 5.74) is 0. The van der Waals surface area contributed by atoms with Crippen LogP contribution in [0.25, 0.3) is 0 Å². The molecule has 30 valence electrons. The number of nitrogens with zero attached hydrogens (tertiary/aromatic N) is 1. The minimum atomic E-state index is 0.423.